The van der Waals surface area contributed by atoms with E-state index in [4.69, 9.17) is 0 Å². The molecule has 1 aliphatic rings. The van der Waals surface area contributed by atoms with Crippen LogP contribution in [0.25, 0.3) is 11.0 Å². The summed E-state index contributed by atoms with van der Waals surface area (Å²) in [5.41, 5.74) is 3.05. The smallest absolute Gasteiger partial charge is 0.387 e. The van der Waals surface area contributed by atoms with Gasteiger partial charge in [-0.3, -0.25) is 8.96 Å². The molecular weight excluding hydrogens is 382 g/mol. The second-order valence-corrected chi connectivity index (χ2v) is 7.71. The predicted molar refractivity (Wildman–Crippen MR) is 108 cm³/mol. The van der Waals surface area contributed by atoms with Crippen LogP contribution in [0.5, 0.6) is 5.75 Å². The zero-order valence-corrected chi connectivity index (χ0v) is 16.3. The molecule has 5 nitrogen and oxygen atoms in total. The van der Waals surface area contributed by atoms with E-state index in [9.17, 15) is 8.78 Å². The first-order valence-corrected chi connectivity index (χ1v) is 10.1. The molecule has 4 rings (SSSR count). The average molecular weight is 404 g/mol. The number of aromatic nitrogens is 2. The number of nitrogens with one attached hydrogen (secondary N) is 1. The molecule has 0 spiro atoms. The van der Waals surface area contributed by atoms with Crippen molar-refractivity contribution in [2.24, 2.45) is 0 Å². The lowest BCUT2D eigenvalue weighted by molar-refractivity contribution is -0.0499. The summed E-state index contributed by atoms with van der Waals surface area (Å²) in [5.74, 6) is 0.155. The Labute approximate surface area is 166 Å². The number of nitrogens with zero attached hydrogens (tertiary/aromatic N) is 3. The summed E-state index contributed by atoms with van der Waals surface area (Å²) in [5, 5.41) is 3.54. The van der Waals surface area contributed by atoms with Gasteiger partial charge in [0.2, 0.25) is 0 Å². The van der Waals surface area contributed by atoms with Crippen molar-refractivity contribution in [3.8, 4) is 5.75 Å². The highest BCUT2D eigenvalue weighted by Crippen LogP contribution is 2.34. The lowest BCUT2D eigenvalue weighted by Crippen LogP contribution is -2.50. The number of ether oxygens (including phenoxy) is 1. The average Bonchev–Trinajstić information content (AvgIpc) is 3.06. The Hall–Kier alpha value is -2.32. The van der Waals surface area contributed by atoms with Crippen molar-refractivity contribution in [3.05, 3.63) is 48.8 Å². The van der Waals surface area contributed by atoms with Crippen molar-refractivity contribution in [3.63, 3.8) is 0 Å². The fraction of sp³-hybridized carbons (Fsp3) is 0.350. The molecule has 1 N–H and O–H groups in total. The monoisotopic (exact) mass is 404 g/mol. The molecule has 1 fully saturated rings. The molecule has 0 radical (unpaired) electrons. The van der Waals surface area contributed by atoms with Gasteiger partial charge in [0.25, 0.3) is 0 Å². The molecule has 1 atom stereocenters. The largest absolute Gasteiger partial charge is 0.435 e. The van der Waals surface area contributed by atoms with Gasteiger partial charge in [0.15, 0.2) is 0 Å². The van der Waals surface area contributed by atoms with Crippen LogP contribution in [0.3, 0.4) is 0 Å². The molecule has 1 aliphatic heterocycles. The lowest BCUT2D eigenvalue weighted by Gasteiger charge is -2.34. The van der Waals surface area contributed by atoms with Crippen LogP contribution in [0.4, 0.5) is 14.5 Å². The summed E-state index contributed by atoms with van der Waals surface area (Å²) in [6.45, 7) is 2.16. The first-order chi connectivity index (χ1) is 13.6. The SMILES string of the molecule is CCC1CN(c2cn(Sc3cccc(OC(F)F)c3)c3cccnc23)CCN1. The van der Waals surface area contributed by atoms with Crippen molar-refractivity contribution in [2.75, 3.05) is 24.5 Å². The van der Waals surface area contributed by atoms with E-state index >= 15 is 0 Å². The topological polar surface area (TPSA) is 42.3 Å². The van der Waals surface area contributed by atoms with E-state index in [1.807, 2.05) is 22.2 Å². The van der Waals surface area contributed by atoms with E-state index in [0.29, 0.717) is 6.04 Å². The van der Waals surface area contributed by atoms with E-state index in [-0.39, 0.29) is 5.75 Å². The molecule has 1 saturated heterocycles. The van der Waals surface area contributed by atoms with Crippen LogP contribution in [-0.2, 0) is 0 Å². The van der Waals surface area contributed by atoms with Crippen LogP contribution in [-0.4, -0.2) is 41.2 Å². The molecule has 28 heavy (non-hydrogen) atoms. The minimum Gasteiger partial charge on any atom is -0.435 e. The van der Waals surface area contributed by atoms with Gasteiger partial charge in [0.1, 0.15) is 11.3 Å². The number of rotatable bonds is 6. The van der Waals surface area contributed by atoms with Gasteiger partial charge in [-0.2, -0.15) is 8.78 Å². The second kappa shape index (κ2) is 8.36. The third kappa shape index (κ3) is 4.07. The zero-order chi connectivity index (χ0) is 19.5. The number of fused-ring (bicyclic) bond motifs is 1. The summed E-state index contributed by atoms with van der Waals surface area (Å²) in [6, 6.07) is 11.1. The molecule has 3 aromatic rings. The molecule has 0 aliphatic carbocycles. The zero-order valence-electron chi connectivity index (χ0n) is 15.5. The number of hydrogen-bond donors (Lipinski definition) is 1. The number of anilines is 1. The quantitative estimate of drug-likeness (QED) is 0.660. The van der Waals surface area contributed by atoms with Gasteiger partial charge in [-0.1, -0.05) is 13.0 Å². The van der Waals surface area contributed by atoms with Crippen LogP contribution in [0.2, 0.25) is 0 Å². The van der Waals surface area contributed by atoms with Crippen LogP contribution in [0, 0.1) is 0 Å². The fourth-order valence-electron chi connectivity index (χ4n) is 3.46. The first-order valence-electron chi connectivity index (χ1n) is 9.31. The van der Waals surface area contributed by atoms with E-state index in [2.05, 4.69) is 33.1 Å². The maximum atomic E-state index is 12.5. The highest BCUT2D eigenvalue weighted by molar-refractivity contribution is 7.98. The Morgan fingerprint density at radius 1 is 1.32 bits per heavy atom. The third-order valence-electron chi connectivity index (χ3n) is 4.83. The van der Waals surface area contributed by atoms with E-state index in [1.54, 1.807) is 18.3 Å². The number of halogens is 2. The molecule has 1 unspecified atom stereocenters. The van der Waals surface area contributed by atoms with Gasteiger partial charge in [0.05, 0.1) is 11.2 Å². The number of hydrogen-bond acceptors (Lipinski definition) is 5. The predicted octanol–water partition coefficient (Wildman–Crippen LogP) is 4.38. The number of piperazine rings is 1. The van der Waals surface area contributed by atoms with Gasteiger partial charge < -0.3 is 15.0 Å². The number of pyridine rings is 1. The van der Waals surface area contributed by atoms with Gasteiger partial charge in [-0.25, -0.2) is 0 Å². The minimum absolute atomic E-state index is 0.155. The van der Waals surface area contributed by atoms with Gasteiger partial charge in [-0.05, 0) is 48.7 Å². The Balaban J connectivity index is 1.65. The maximum absolute atomic E-state index is 12.5. The standard InChI is InChI=1S/C20H22F2N4OS/c1-2-14-12-25(10-9-23-14)18-13-26(17-7-4-8-24-19(17)18)28-16-6-3-5-15(11-16)27-20(21)22/h3-8,11,13-14,20,23H,2,9-10,12H2,1H3. The Kier molecular flexibility index (Phi) is 5.68. The van der Waals surface area contributed by atoms with Crippen molar-refractivity contribution >= 4 is 28.7 Å². The van der Waals surface area contributed by atoms with Crippen molar-refractivity contribution in [1.82, 2.24) is 14.3 Å². The molecule has 2 aromatic heterocycles. The molecule has 148 valence electrons. The highest BCUT2D eigenvalue weighted by atomic mass is 32.2. The van der Waals surface area contributed by atoms with Crippen LogP contribution in [0.15, 0.2) is 53.7 Å². The molecule has 8 heteroatoms. The number of alkyl halides is 2. The van der Waals surface area contributed by atoms with E-state index < -0.39 is 6.61 Å². The van der Waals surface area contributed by atoms with Crippen LogP contribution < -0.4 is 15.0 Å². The van der Waals surface area contributed by atoms with Crippen LogP contribution in [0.1, 0.15) is 13.3 Å². The molecule has 1 aromatic carbocycles. The molecule has 0 amide bonds. The summed E-state index contributed by atoms with van der Waals surface area (Å²) in [4.78, 5) is 7.79. The Bertz CT molecular complexity index is 949. The summed E-state index contributed by atoms with van der Waals surface area (Å²) < 4.78 is 31.6. The fourth-order valence-corrected chi connectivity index (χ4v) is 4.39. The van der Waals surface area contributed by atoms with E-state index in [0.717, 1.165) is 47.7 Å². The molecular formula is C20H22F2N4OS. The normalized spacial score (nSPS) is 17.4. The van der Waals surface area contributed by atoms with Crippen molar-refractivity contribution in [2.45, 2.75) is 30.9 Å². The molecule has 3 heterocycles. The van der Waals surface area contributed by atoms with Gasteiger partial charge >= 0.3 is 6.61 Å². The summed E-state index contributed by atoms with van der Waals surface area (Å²) in [6.07, 6.45) is 4.96. The minimum atomic E-state index is -2.83. The maximum Gasteiger partial charge on any atom is 0.387 e. The lowest BCUT2D eigenvalue weighted by atomic mass is 10.1. The number of benzene rings is 1. The van der Waals surface area contributed by atoms with Crippen molar-refractivity contribution < 1.29 is 13.5 Å². The molecule has 0 bridgehead atoms. The summed E-state index contributed by atoms with van der Waals surface area (Å²) in [7, 11) is 0. The molecule has 0 saturated carbocycles. The van der Waals surface area contributed by atoms with Gasteiger partial charge in [-0.15, -0.1) is 0 Å². The van der Waals surface area contributed by atoms with Crippen molar-refractivity contribution in [1.29, 1.82) is 0 Å². The third-order valence-corrected chi connectivity index (χ3v) is 5.79. The first kappa shape index (κ1) is 19.0. The highest BCUT2D eigenvalue weighted by Gasteiger charge is 2.22. The Morgan fingerprint density at radius 2 is 2.21 bits per heavy atom. The second-order valence-electron chi connectivity index (χ2n) is 6.66. The van der Waals surface area contributed by atoms with E-state index in [1.165, 1.54) is 18.0 Å². The van der Waals surface area contributed by atoms with Crippen LogP contribution >= 0.6 is 11.9 Å². The Morgan fingerprint density at radius 3 is 3.04 bits per heavy atom. The summed E-state index contributed by atoms with van der Waals surface area (Å²) >= 11 is 1.46. The van der Waals surface area contributed by atoms with Gasteiger partial charge in [0, 0.05) is 43.0 Å².